The van der Waals surface area contributed by atoms with Crippen molar-refractivity contribution >= 4 is 6.09 Å². The Balaban J connectivity index is 2.51. The summed E-state index contributed by atoms with van der Waals surface area (Å²) in [6, 6.07) is 0. The van der Waals surface area contributed by atoms with Crippen LogP contribution in [-0.2, 0) is 4.74 Å². The van der Waals surface area contributed by atoms with Crippen molar-refractivity contribution in [3.63, 3.8) is 0 Å². The monoisotopic (exact) mass is 253 g/mol. The van der Waals surface area contributed by atoms with E-state index in [9.17, 15) is 9.90 Å². The number of amides is 1. The minimum Gasteiger partial charge on any atom is -0.444 e. The maximum Gasteiger partial charge on any atom is 0.410 e. The molecule has 1 heterocycles. The van der Waals surface area contributed by atoms with E-state index in [0.717, 1.165) is 6.42 Å². The van der Waals surface area contributed by atoms with Gasteiger partial charge in [0.15, 0.2) is 0 Å². The molecule has 0 aromatic heterocycles. The molecule has 0 aliphatic carbocycles. The predicted octanol–water partition coefficient (Wildman–Crippen LogP) is 2.16. The number of ether oxygens (including phenoxy) is 1. The van der Waals surface area contributed by atoms with Crippen molar-refractivity contribution in [3.05, 3.63) is 0 Å². The molecule has 18 heavy (non-hydrogen) atoms. The van der Waals surface area contributed by atoms with Crippen molar-refractivity contribution in [2.75, 3.05) is 13.1 Å². The minimum absolute atomic E-state index is 0.312. The third-order valence-electron chi connectivity index (χ3n) is 2.74. The molecule has 1 saturated heterocycles. The van der Waals surface area contributed by atoms with Gasteiger partial charge in [0.05, 0.1) is 0 Å². The van der Waals surface area contributed by atoms with Gasteiger partial charge in [-0.25, -0.2) is 4.79 Å². The van der Waals surface area contributed by atoms with Crippen molar-refractivity contribution in [3.8, 4) is 11.8 Å². The highest BCUT2D eigenvalue weighted by atomic mass is 16.6. The number of piperidine rings is 1. The summed E-state index contributed by atoms with van der Waals surface area (Å²) >= 11 is 0. The molecule has 4 nitrogen and oxygen atoms in total. The van der Waals surface area contributed by atoms with Crippen LogP contribution in [0, 0.1) is 11.8 Å². The SMILES string of the molecule is CCC#CC1(O)CCN(C(=O)OC(C)(C)C)CC1. The van der Waals surface area contributed by atoms with E-state index in [0.29, 0.717) is 25.9 Å². The lowest BCUT2D eigenvalue weighted by Gasteiger charge is -2.35. The number of likely N-dealkylation sites (tertiary alicyclic amines) is 1. The molecule has 0 aromatic rings. The number of carbonyl (C=O) groups excluding carboxylic acids is 1. The first-order valence-corrected chi connectivity index (χ1v) is 6.46. The van der Waals surface area contributed by atoms with Gasteiger partial charge >= 0.3 is 6.09 Å². The molecule has 1 fully saturated rings. The molecule has 0 atom stereocenters. The van der Waals surface area contributed by atoms with Crippen molar-refractivity contribution in [1.29, 1.82) is 0 Å². The molecule has 0 bridgehead atoms. The molecule has 0 radical (unpaired) electrons. The van der Waals surface area contributed by atoms with Gasteiger partial charge in [-0.1, -0.05) is 12.8 Å². The quantitative estimate of drug-likeness (QED) is 0.673. The van der Waals surface area contributed by atoms with Gasteiger partial charge in [-0.15, -0.1) is 5.92 Å². The number of nitrogens with zero attached hydrogens (tertiary/aromatic N) is 1. The molecule has 102 valence electrons. The molecule has 0 saturated carbocycles. The van der Waals surface area contributed by atoms with E-state index in [1.54, 1.807) is 4.90 Å². The Morgan fingerprint density at radius 2 is 1.94 bits per heavy atom. The summed E-state index contributed by atoms with van der Waals surface area (Å²) in [6.07, 6.45) is 1.39. The molecule has 1 rings (SSSR count). The molecular formula is C14H23NO3. The van der Waals surface area contributed by atoms with Crippen LogP contribution in [0.3, 0.4) is 0 Å². The minimum atomic E-state index is -0.936. The van der Waals surface area contributed by atoms with Crippen LogP contribution in [0.5, 0.6) is 0 Å². The highest BCUT2D eigenvalue weighted by molar-refractivity contribution is 5.68. The van der Waals surface area contributed by atoms with Crippen molar-refractivity contribution in [1.82, 2.24) is 4.90 Å². The van der Waals surface area contributed by atoms with Crippen molar-refractivity contribution < 1.29 is 14.6 Å². The number of carbonyl (C=O) groups is 1. The summed E-state index contributed by atoms with van der Waals surface area (Å²) in [5.74, 6) is 5.79. The van der Waals surface area contributed by atoms with Crippen LogP contribution in [0.2, 0.25) is 0 Å². The highest BCUT2D eigenvalue weighted by Crippen LogP contribution is 2.22. The van der Waals surface area contributed by atoms with Crippen LogP contribution in [-0.4, -0.2) is 40.4 Å². The standard InChI is InChI=1S/C14H23NO3/c1-5-6-7-14(17)8-10-15(11-9-14)12(16)18-13(2,3)4/h17H,5,8-11H2,1-4H3. The Morgan fingerprint density at radius 1 is 1.39 bits per heavy atom. The van der Waals surface area contributed by atoms with E-state index in [4.69, 9.17) is 4.74 Å². The summed E-state index contributed by atoms with van der Waals surface area (Å²) in [4.78, 5) is 13.5. The lowest BCUT2D eigenvalue weighted by atomic mass is 9.92. The van der Waals surface area contributed by atoms with Crippen LogP contribution in [0.1, 0.15) is 47.0 Å². The summed E-state index contributed by atoms with van der Waals surface area (Å²) in [7, 11) is 0. The Labute approximate surface area is 109 Å². The zero-order chi connectivity index (χ0) is 13.8. The van der Waals surface area contributed by atoms with Crippen molar-refractivity contribution in [2.45, 2.75) is 58.2 Å². The molecule has 1 aliphatic rings. The smallest absolute Gasteiger partial charge is 0.410 e. The average Bonchev–Trinajstić information content (AvgIpc) is 2.25. The number of rotatable bonds is 0. The maximum absolute atomic E-state index is 11.8. The second kappa shape index (κ2) is 5.62. The molecule has 1 amide bonds. The highest BCUT2D eigenvalue weighted by Gasteiger charge is 2.33. The van der Waals surface area contributed by atoms with Gasteiger partial charge in [-0.05, 0) is 20.8 Å². The van der Waals surface area contributed by atoms with Gasteiger partial charge in [0.1, 0.15) is 11.2 Å². The van der Waals surface area contributed by atoms with Crippen LogP contribution in [0.4, 0.5) is 4.79 Å². The van der Waals surface area contributed by atoms with E-state index in [2.05, 4.69) is 11.8 Å². The fourth-order valence-corrected chi connectivity index (χ4v) is 1.76. The first-order valence-electron chi connectivity index (χ1n) is 6.46. The molecule has 4 heteroatoms. The second-order valence-electron chi connectivity index (χ2n) is 5.65. The van der Waals surface area contributed by atoms with Crippen molar-refractivity contribution in [2.24, 2.45) is 0 Å². The lowest BCUT2D eigenvalue weighted by Crippen LogP contribution is -2.47. The molecule has 0 unspecified atom stereocenters. The maximum atomic E-state index is 11.8. The van der Waals surface area contributed by atoms with E-state index in [1.807, 2.05) is 27.7 Å². The summed E-state index contributed by atoms with van der Waals surface area (Å²) in [5, 5.41) is 10.2. The second-order valence-corrected chi connectivity index (χ2v) is 5.65. The van der Waals surface area contributed by atoms with Crippen LogP contribution >= 0.6 is 0 Å². The molecular weight excluding hydrogens is 230 g/mol. The van der Waals surface area contributed by atoms with E-state index in [1.165, 1.54) is 0 Å². The van der Waals surface area contributed by atoms with Gasteiger partial charge in [0.25, 0.3) is 0 Å². The topological polar surface area (TPSA) is 49.8 Å². The van der Waals surface area contributed by atoms with E-state index < -0.39 is 11.2 Å². The zero-order valence-corrected chi connectivity index (χ0v) is 11.7. The Morgan fingerprint density at radius 3 is 2.39 bits per heavy atom. The summed E-state index contributed by atoms with van der Waals surface area (Å²) < 4.78 is 5.30. The van der Waals surface area contributed by atoms with Gasteiger partial charge in [-0.2, -0.15) is 0 Å². The summed E-state index contributed by atoms with van der Waals surface area (Å²) in [5.41, 5.74) is -1.42. The van der Waals surface area contributed by atoms with E-state index >= 15 is 0 Å². The molecule has 1 aliphatic heterocycles. The molecule has 1 N–H and O–H groups in total. The fraction of sp³-hybridized carbons (Fsp3) is 0.786. The van der Waals surface area contributed by atoms with Crippen LogP contribution in [0.15, 0.2) is 0 Å². The average molecular weight is 253 g/mol. The molecule has 0 spiro atoms. The largest absolute Gasteiger partial charge is 0.444 e. The van der Waals surface area contributed by atoms with Crippen LogP contribution in [0.25, 0.3) is 0 Å². The van der Waals surface area contributed by atoms with Crippen LogP contribution < -0.4 is 0 Å². The van der Waals surface area contributed by atoms with E-state index in [-0.39, 0.29) is 6.09 Å². The predicted molar refractivity (Wildman–Crippen MR) is 70.1 cm³/mol. The normalized spacial score (nSPS) is 18.8. The Kier molecular flexibility index (Phi) is 4.64. The first kappa shape index (κ1) is 14.8. The van der Waals surface area contributed by atoms with Gasteiger partial charge in [-0.3, -0.25) is 0 Å². The Hall–Kier alpha value is -1.21. The Bertz CT molecular complexity index is 351. The lowest BCUT2D eigenvalue weighted by molar-refractivity contribution is -0.00516. The zero-order valence-electron chi connectivity index (χ0n) is 11.7. The third kappa shape index (κ3) is 4.58. The summed E-state index contributed by atoms with van der Waals surface area (Å²) in [6.45, 7) is 8.47. The van der Waals surface area contributed by atoms with Gasteiger partial charge < -0.3 is 14.7 Å². The van der Waals surface area contributed by atoms with Gasteiger partial charge in [0.2, 0.25) is 0 Å². The fourth-order valence-electron chi connectivity index (χ4n) is 1.76. The number of aliphatic hydroxyl groups is 1. The first-order chi connectivity index (χ1) is 8.26. The number of hydrogen-bond donors (Lipinski definition) is 1. The molecule has 0 aromatic carbocycles. The van der Waals surface area contributed by atoms with Gasteiger partial charge in [0, 0.05) is 32.4 Å². The third-order valence-corrected chi connectivity index (χ3v) is 2.74. The number of hydrogen-bond acceptors (Lipinski definition) is 3.